The van der Waals surface area contributed by atoms with E-state index in [2.05, 4.69) is 20.9 Å². The number of carbonyl (C=O) groups is 4. The summed E-state index contributed by atoms with van der Waals surface area (Å²) in [7, 11) is 0. The SMILES string of the molecule is CC(C)(C)OC(=O)Nc1ccccc1CN(CC(=O)Nc1ccc2c(c1)CC1(C2)C(=O)Nc2ncccc21)C(=O)C(C)(C)C. The maximum Gasteiger partial charge on any atom is 0.412 e. The first kappa shape index (κ1) is 30.7. The molecule has 0 radical (unpaired) electrons. The zero-order chi connectivity index (χ0) is 31.9. The van der Waals surface area contributed by atoms with Crippen LogP contribution >= 0.6 is 0 Å². The van der Waals surface area contributed by atoms with Gasteiger partial charge in [0.2, 0.25) is 17.7 Å². The number of rotatable bonds is 6. The van der Waals surface area contributed by atoms with E-state index < -0.39 is 22.5 Å². The van der Waals surface area contributed by atoms with Crippen LogP contribution in [-0.4, -0.2) is 45.8 Å². The fourth-order valence-corrected chi connectivity index (χ4v) is 5.79. The van der Waals surface area contributed by atoms with E-state index in [1.807, 2.05) is 36.4 Å². The number of carbonyl (C=O) groups excluding carboxylic acids is 4. The van der Waals surface area contributed by atoms with Gasteiger partial charge in [-0.25, -0.2) is 9.78 Å². The largest absolute Gasteiger partial charge is 0.444 e. The summed E-state index contributed by atoms with van der Waals surface area (Å²) in [6, 6.07) is 16.6. The van der Waals surface area contributed by atoms with Gasteiger partial charge in [-0.1, -0.05) is 51.1 Å². The first-order valence-corrected chi connectivity index (χ1v) is 14.7. The average Bonchev–Trinajstić information content (AvgIpc) is 3.44. The van der Waals surface area contributed by atoms with E-state index in [-0.39, 0.29) is 30.8 Å². The summed E-state index contributed by atoms with van der Waals surface area (Å²) in [6.07, 6.45) is 2.13. The molecule has 1 aliphatic carbocycles. The lowest BCUT2D eigenvalue weighted by Crippen LogP contribution is -2.43. The number of anilines is 3. The Morgan fingerprint density at radius 1 is 0.955 bits per heavy atom. The normalized spacial score (nSPS) is 17.0. The first-order chi connectivity index (χ1) is 20.6. The van der Waals surface area contributed by atoms with Crippen LogP contribution in [0.5, 0.6) is 0 Å². The van der Waals surface area contributed by atoms with E-state index in [1.54, 1.807) is 65.9 Å². The van der Waals surface area contributed by atoms with Crippen molar-refractivity contribution in [3.05, 3.63) is 83.0 Å². The monoisotopic (exact) mass is 597 g/mol. The van der Waals surface area contributed by atoms with Gasteiger partial charge in [0.05, 0.1) is 5.41 Å². The lowest BCUT2D eigenvalue weighted by molar-refractivity contribution is -0.142. The van der Waals surface area contributed by atoms with Crippen LogP contribution in [0.25, 0.3) is 0 Å². The molecule has 10 heteroatoms. The Morgan fingerprint density at radius 3 is 2.41 bits per heavy atom. The molecule has 0 saturated heterocycles. The van der Waals surface area contributed by atoms with Crippen molar-refractivity contribution >= 4 is 41.0 Å². The fourth-order valence-electron chi connectivity index (χ4n) is 5.79. The molecule has 1 aliphatic heterocycles. The van der Waals surface area contributed by atoms with Crippen molar-refractivity contribution in [2.45, 2.75) is 71.9 Å². The van der Waals surface area contributed by atoms with Crippen LogP contribution in [0.3, 0.4) is 0 Å². The number of benzene rings is 2. The second kappa shape index (κ2) is 11.4. The quantitative estimate of drug-likeness (QED) is 0.348. The molecule has 3 aromatic rings. The maximum atomic E-state index is 13.5. The molecule has 2 aromatic carbocycles. The van der Waals surface area contributed by atoms with Crippen LogP contribution in [0.2, 0.25) is 0 Å². The van der Waals surface area contributed by atoms with Crippen LogP contribution in [0.4, 0.5) is 22.0 Å². The molecule has 3 N–H and O–H groups in total. The van der Waals surface area contributed by atoms with Gasteiger partial charge in [-0.2, -0.15) is 0 Å². The number of ether oxygens (including phenoxy) is 1. The first-order valence-electron chi connectivity index (χ1n) is 14.7. The molecule has 44 heavy (non-hydrogen) atoms. The van der Waals surface area contributed by atoms with E-state index in [1.165, 1.54) is 4.90 Å². The van der Waals surface area contributed by atoms with Crippen LogP contribution < -0.4 is 16.0 Å². The van der Waals surface area contributed by atoms with Gasteiger partial charge in [-0.05, 0) is 74.6 Å². The van der Waals surface area contributed by atoms with Gasteiger partial charge in [0.25, 0.3) is 0 Å². The lowest BCUT2D eigenvalue weighted by atomic mass is 9.79. The van der Waals surface area contributed by atoms with Crippen LogP contribution in [0.1, 0.15) is 63.8 Å². The number of nitrogens with one attached hydrogen (secondary N) is 3. The Morgan fingerprint density at radius 2 is 1.68 bits per heavy atom. The minimum absolute atomic E-state index is 0.0641. The van der Waals surface area contributed by atoms with Gasteiger partial charge in [0, 0.05) is 35.1 Å². The summed E-state index contributed by atoms with van der Waals surface area (Å²) in [4.78, 5) is 58.2. The maximum absolute atomic E-state index is 13.5. The van der Waals surface area contributed by atoms with Gasteiger partial charge in [0.15, 0.2) is 0 Å². The molecule has 1 unspecified atom stereocenters. The molecule has 2 heterocycles. The van der Waals surface area contributed by atoms with Gasteiger partial charge in [-0.15, -0.1) is 0 Å². The molecule has 5 rings (SSSR count). The third kappa shape index (κ3) is 6.44. The van der Waals surface area contributed by atoms with Crippen molar-refractivity contribution in [2.75, 3.05) is 22.5 Å². The van der Waals surface area contributed by atoms with Gasteiger partial charge in [0.1, 0.15) is 18.0 Å². The van der Waals surface area contributed by atoms with Crippen molar-refractivity contribution < 1.29 is 23.9 Å². The van der Waals surface area contributed by atoms with Gasteiger partial charge >= 0.3 is 6.09 Å². The van der Waals surface area contributed by atoms with Crippen LogP contribution in [0.15, 0.2) is 60.8 Å². The highest BCUT2D eigenvalue weighted by molar-refractivity contribution is 6.06. The minimum atomic E-state index is -0.747. The third-order valence-electron chi connectivity index (χ3n) is 7.74. The highest BCUT2D eigenvalue weighted by atomic mass is 16.6. The van der Waals surface area contributed by atoms with E-state index in [9.17, 15) is 19.2 Å². The molecule has 0 bridgehead atoms. The van der Waals surface area contributed by atoms with Gasteiger partial charge in [-0.3, -0.25) is 19.7 Å². The molecule has 10 nitrogen and oxygen atoms in total. The standard InChI is InChI=1S/C34H39N5O5/c1-32(2,3)30(42)39(19-22-10-7-8-12-26(22)37-31(43)44-33(4,5)6)20-27(40)36-24-14-13-21-17-34(18-23(21)16-24)25-11-9-15-35-28(25)38-29(34)41/h7-16H,17-20H2,1-6H3,(H,36,40)(H,37,43)(H,35,38,41). The molecule has 0 saturated carbocycles. The number of hydrogen-bond acceptors (Lipinski definition) is 6. The molecule has 230 valence electrons. The molecule has 1 aromatic heterocycles. The zero-order valence-corrected chi connectivity index (χ0v) is 26.0. The number of aromatic nitrogens is 1. The zero-order valence-electron chi connectivity index (χ0n) is 26.0. The van der Waals surface area contributed by atoms with E-state index in [0.29, 0.717) is 35.6 Å². The number of hydrogen-bond donors (Lipinski definition) is 3. The number of fused-ring (bicyclic) bond motifs is 3. The molecule has 0 fully saturated rings. The Hall–Kier alpha value is -4.73. The highest BCUT2D eigenvalue weighted by Gasteiger charge is 2.51. The Balaban J connectivity index is 1.31. The summed E-state index contributed by atoms with van der Waals surface area (Å²) in [5.74, 6) is -0.0350. The summed E-state index contributed by atoms with van der Waals surface area (Å²) >= 11 is 0. The number of nitrogens with zero attached hydrogens (tertiary/aromatic N) is 2. The van der Waals surface area contributed by atoms with Crippen molar-refractivity contribution in [1.82, 2.24) is 9.88 Å². The van der Waals surface area contributed by atoms with Crippen molar-refractivity contribution in [2.24, 2.45) is 5.41 Å². The number of amides is 4. The molecule has 4 amide bonds. The second-order valence-electron chi connectivity index (χ2n) is 13.5. The molecule has 1 spiro atoms. The Kier molecular flexibility index (Phi) is 7.96. The predicted octanol–water partition coefficient (Wildman–Crippen LogP) is 5.43. The van der Waals surface area contributed by atoms with E-state index in [4.69, 9.17) is 4.74 Å². The Bertz CT molecular complexity index is 1640. The molecular formula is C34H39N5O5. The van der Waals surface area contributed by atoms with Crippen molar-refractivity contribution in [1.29, 1.82) is 0 Å². The summed E-state index contributed by atoms with van der Waals surface area (Å²) in [5.41, 5.74) is 2.55. The molecular weight excluding hydrogens is 558 g/mol. The van der Waals surface area contributed by atoms with Gasteiger partial charge < -0.3 is 20.3 Å². The summed E-state index contributed by atoms with van der Waals surface area (Å²) < 4.78 is 5.40. The van der Waals surface area contributed by atoms with Crippen LogP contribution in [-0.2, 0) is 43.9 Å². The summed E-state index contributed by atoms with van der Waals surface area (Å²) in [5, 5.41) is 8.62. The van der Waals surface area contributed by atoms with Crippen molar-refractivity contribution in [3.63, 3.8) is 0 Å². The predicted molar refractivity (Wildman–Crippen MR) is 168 cm³/mol. The molecule has 1 atom stereocenters. The number of pyridine rings is 1. The third-order valence-corrected chi connectivity index (χ3v) is 7.74. The highest BCUT2D eigenvalue weighted by Crippen LogP contribution is 2.47. The lowest BCUT2D eigenvalue weighted by Gasteiger charge is -2.30. The molecule has 2 aliphatic rings. The fraction of sp³-hybridized carbons (Fsp3) is 0.382. The van der Waals surface area contributed by atoms with Crippen LogP contribution in [0, 0.1) is 5.41 Å². The van der Waals surface area contributed by atoms with Crippen molar-refractivity contribution in [3.8, 4) is 0 Å². The van der Waals surface area contributed by atoms with E-state index in [0.717, 1.165) is 16.7 Å². The Labute approximate surface area is 257 Å². The topological polar surface area (TPSA) is 130 Å². The average molecular weight is 598 g/mol. The summed E-state index contributed by atoms with van der Waals surface area (Å²) in [6.45, 7) is 10.6. The number of para-hydroxylation sites is 1. The smallest absolute Gasteiger partial charge is 0.412 e. The minimum Gasteiger partial charge on any atom is -0.444 e. The van der Waals surface area contributed by atoms with E-state index >= 15 is 0 Å². The second-order valence-corrected chi connectivity index (χ2v) is 13.5.